The molecule has 0 aliphatic carbocycles. The normalized spacial score (nSPS) is 15.0. The number of anilines is 2. The van der Waals surface area contributed by atoms with E-state index in [1.807, 2.05) is 12.1 Å². The van der Waals surface area contributed by atoms with Gasteiger partial charge >= 0.3 is 0 Å². The lowest BCUT2D eigenvalue weighted by atomic mass is 10.0. The Hall–Kier alpha value is -2.33. The van der Waals surface area contributed by atoms with Crippen LogP contribution >= 0.6 is 0 Å². The molecule has 3 rings (SSSR count). The lowest BCUT2D eigenvalue weighted by Crippen LogP contribution is -2.58. The number of hydrogen-bond acceptors (Lipinski definition) is 3. The minimum Gasteiger partial charge on any atom is -0.369 e. The summed E-state index contributed by atoms with van der Waals surface area (Å²) < 4.78 is 0. The molecular formula is C20H25N3O. The second-order valence-electron chi connectivity index (χ2n) is 6.62. The Labute approximate surface area is 144 Å². The SMILES string of the molecule is CC(=O)Nc1ccc(CN2CC(N(C)c3ccccc3C)C2)cc1. The molecule has 0 saturated carbocycles. The van der Waals surface area contributed by atoms with E-state index in [0.29, 0.717) is 6.04 Å². The van der Waals surface area contributed by atoms with Gasteiger partial charge in [-0.15, -0.1) is 0 Å². The van der Waals surface area contributed by atoms with Gasteiger partial charge in [-0.1, -0.05) is 30.3 Å². The fraction of sp³-hybridized carbons (Fsp3) is 0.350. The molecule has 1 fully saturated rings. The number of rotatable bonds is 5. The standard InChI is InChI=1S/C20H25N3O/c1-15-6-4-5-7-20(15)22(3)19-13-23(14-19)12-17-8-10-18(11-9-17)21-16(2)24/h4-11,19H,12-14H2,1-3H3,(H,21,24). The number of nitrogens with one attached hydrogen (secondary N) is 1. The topological polar surface area (TPSA) is 35.6 Å². The predicted octanol–water partition coefficient (Wildman–Crippen LogP) is 3.27. The maximum atomic E-state index is 11.0. The molecule has 0 aromatic heterocycles. The monoisotopic (exact) mass is 323 g/mol. The van der Waals surface area contributed by atoms with E-state index in [4.69, 9.17) is 0 Å². The molecule has 2 aromatic rings. The summed E-state index contributed by atoms with van der Waals surface area (Å²) in [7, 11) is 2.19. The third kappa shape index (κ3) is 3.77. The Kier molecular flexibility index (Phi) is 4.86. The second-order valence-corrected chi connectivity index (χ2v) is 6.62. The van der Waals surface area contributed by atoms with Gasteiger partial charge in [-0.3, -0.25) is 9.69 Å². The van der Waals surface area contributed by atoms with Gasteiger partial charge in [0, 0.05) is 45.0 Å². The van der Waals surface area contributed by atoms with Gasteiger partial charge in [0.05, 0.1) is 6.04 Å². The molecule has 1 saturated heterocycles. The summed E-state index contributed by atoms with van der Waals surface area (Å²) in [6, 6.07) is 17.2. The molecule has 4 heteroatoms. The molecule has 0 bridgehead atoms. The smallest absolute Gasteiger partial charge is 0.221 e. The summed E-state index contributed by atoms with van der Waals surface area (Å²) >= 11 is 0. The summed E-state index contributed by atoms with van der Waals surface area (Å²) in [6.45, 7) is 6.81. The molecule has 1 amide bonds. The fourth-order valence-electron chi connectivity index (χ4n) is 3.23. The van der Waals surface area contributed by atoms with Crippen molar-refractivity contribution < 1.29 is 4.79 Å². The van der Waals surface area contributed by atoms with Crippen molar-refractivity contribution in [2.45, 2.75) is 26.4 Å². The average molecular weight is 323 g/mol. The van der Waals surface area contributed by atoms with Crippen LogP contribution < -0.4 is 10.2 Å². The third-order valence-electron chi connectivity index (χ3n) is 4.66. The summed E-state index contributed by atoms with van der Waals surface area (Å²) in [5.41, 5.74) is 4.78. The van der Waals surface area contributed by atoms with Crippen molar-refractivity contribution in [1.82, 2.24) is 4.90 Å². The summed E-state index contributed by atoms with van der Waals surface area (Å²) in [6.07, 6.45) is 0. The number of amides is 1. The van der Waals surface area contributed by atoms with Crippen molar-refractivity contribution >= 4 is 17.3 Å². The summed E-state index contributed by atoms with van der Waals surface area (Å²) in [5.74, 6) is -0.0347. The zero-order valence-electron chi connectivity index (χ0n) is 14.6. The molecule has 1 aliphatic rings. The Bertz CT molecular complexity index is 705. The minimum absolute atomic E-state index is 0.0347. The highest BCUT2D eigenvalue weighted by Gasteiger charge is 2.30. The molecule has 1 N–H and O–H groups in total. The number of likely N-dealkylation sites (tertiary alicyclic amines) is 1. The molecular weight excluding hydrogens is 298 g/mol. The van der Waals surface area contributed by atoms with Gasteiger partial charge < -0.3 is 10.2 Å². The Morgan fingerprint density at radius 1 is 1.17 bits per heavy atom. The van der Waals surface area contributed by atoms with Crippen LogP contribution in [0.5, 0.6) is 0 Å². The van der Waals surface area contributed by atoms with E-state index < -0.39 is 0 Å². The fourth-order valence-corrected chi connectivity index (χ4v) is 3.23. The zero-order valence-corrected chi connectivity index (χ0v) is 14.6. The average Bonchev–Trinajstić information content (AvgIpc) is 2.51. The number of para-hydroxylation sites is 1. The molecule has 1 heterocycles. The largest absolute Gasteiger partial charge is 0.369 e. The Morgan fingerprint density at radius 2 is 1.83 bits per heavy atom. The van der Waals surface area contributed by atoms with E-state index >= 15 is 0 Å². The van der Waals surface area contributed by atoms with Gasteiger partial charge in [-0.05, 0) is 36.2 Å². The molecule has 0 radical (unpaired) electrons. The lowest BCUT2D eigenvalue weighted by Gasteiger charge is -2.45. The quantitative estimate of drug-likeness (QED) is 0.917. The van der Waals surface area contributed by atoms with E-state index in [1.54, 1.807) is 0 Å². The maximum Gasteiger partial charge on any atom is 0.221 e. The summed E-state index contributed by atoms with van der Waals surface area (Å²) in [5, 5.41) is 2.80. The number of aryl methyl sites for hydroxylation is 1. The first-order chi connectivity index (χ1) is 11.5. The van der Waals surface area contributed by atoms with Gasteiger partial charge in [0.2, 0.25) is 5.91 Å². The molecule has 4 nitrogen and oxygen atoms in total. The van der Waals surface area contributed by atoms with Gasteiger partial charge in [0.25, 0.3) is 0 Å². The highest BCUT2D eigenvalue weighted by atomic mass is 16.1. The Balaban J connectivity index is 1.52. The highest BCUT2D eigenvalue weighted by molar-refractivity contribution is 5.88. The third-order valence-corrected chi connectivity index (χ3v) is 4.66. The molecule has 24 heavy (non-hydrogen) atoms. The van der Waals surface area contributed by atoms with E-state index in [2.05, 4.69) is 65.5 Å². The number of likely N-dealkylation sites (N-methyl/N-ethyl adjacent to an activating group) is 1. The molecule has 0 unspecified atom stereocenters. The molecule has 1 aliphatic heterocycles. The predicted molar refractivity (Wildman–Crippen MR) is 99.4 cm³/mol. The first kappa shape index (κ1) is 16.5. The van der Waals surface area contributed by atoms with Crippen LogP contribution in [-0.2, 0) is 11.3 Å². The number of carbonyl (C=O) groups is 1. The zero-order chi connectivity index (χ0) is 17.1. The molecule has 2 aromatic carbocycles. The minimum atomic E-state index is -0.0347. The van der Waals surface area contributed by atoms with Crippen LogP contribution in [0.15, 0.2) is 48.5 Å². The lowest BCUT2D eigenvalue weighted by molar-refractivity contribution is -0.114. The number of nitrogens with zero attached hydrogens (tertiary/aromatic N) is 2. The van der Waals surface area contributed by atoms with Crippen molar-refractivity contribution in [3.05, 3.63) is 59.7 Å². The van der Waals surface area contributed by atoms with Crippen LogP contribution in [0.1, 0.15) is 18.1 Å². The van der Waals surface area contributed by atoms with Crippen LogP contribution in [0.2, 0.25) is 0 Å². The van der Waals surface area contributed by atoms with Crippen LogP contribution in [0, 0.1) is 6.92 Å². The summed E-state index contributed by atoms with van der Waals surface area (Å²) in [4.78, 5) is 15.9. The van der Waals surface area contributed by atoms with Crippen LogP contribution in [0.4, 0.5) is 11.4 Å². The van der Waals surface area contributed by atoms with E-state index in [9.17, 15) is 4.79 Å². The molecule has 0 atom stereocenters. The van der Waals surface area contributed by atoms with Crippen molar-refractivity contribution in [1.29, 1.82) is 0 Å². The van der Waals surface area contributed by atoms with E-state index in [1.165, 1.54) is 23.7 Å². The van der Waals surface area contributed by atoms with Gasteiger partial charge in [-0.2, -0.15) is 0 Å². The molecule has 0 spiro atoms. The van der Waals surface area contributed by atoms with E-state index in [-0.39, 0.29) is 5.91 Å². The van der Waals surface area contributed by atoms with Gasteiger partial charge in [-0.25, -0.2) is 0 Å². The van der Waals surface area contributed by atoms with Crippen molar-refractivity contribution in [2.75, 3.05) is 30.4 Å². The first-order valence-corrected chi connectivity index (χ1v) is 8.40. The van der Waals surface area contributed by atoms with Crippen LogP contribution in [-0.4, -0.2) is 37.0 Å². The number of carbonyl (C=O) groups excluding carboxylic acids is 1. The highest BCUT2D eigenvalue weighted by Crippen LogP contribution is 2.25. The van der Waals surface area contributed by atoms with Gasteiger partial charge in [0.15, 0.2) is 0 Å². The van der Waals surface area contributed by atoms with E-state index in [0.717, 1.165) is 25.3 Å². The second kappa shape index (κ2) is 7.05. The Morgan fingerprint density at radius 3 is 2.46 bits per heavy atom. The van der Waals surface area contributed by atoms with Crippen molar-refractivity contribution in [3.63, 3.8) is 0 Å². The first-order valence-electron chi connectivity index (χ1n) is 8.40. The van der Waals surface area contributed by atoms with Gasteiger partial charge in [0.1, 0.15) is 0 Å². The number of benzene rings is 2. The maximum absolute atomic E-state index is 11.0. The van der Waals surface area contributed by atoms with Crippen molar-refractivity contribution in [3.8, 4) is 0 Å². The number of hydrogen-bond donors (Lipinski definition) is 1. The van der Waals surface area contributed by atoms with Crippen molar-refractivity contribution in [2.24, 2.45) is 0 Å². The molecule has 126 valence electrons. The van der Waals surface area contributed by atoms with Crippen LogP contribution in [0.25, 0.3) is 0 Å². The van der Waals surface area contributed by atoms with Crippen LogP contribution in [0.3, 0.4) is 0 Å².